The van der Waals surface area contributed by atoms with E-state index in [1.54, 1.807) is 4.90 Å². The number of carbonyl (C=O) groups is 2. The molecule has 2 aromatic rings. The van der Waals surface area contributed by atoms with E-state index in [9.17, 15) is 9.59 Å². The Morgan fingerprint density at radius 1 is 1.00 bits per heavy atom. The van der Waals surface area contributed by atoms with Crippen LogP contribution in [0.3, 0.4) is 0 Å². The standard InChI is InChI=1S/C22H26N4O3/c27-21(24-19-10-12-25(13-11-19)20-4-2-1-3-5-20)23-18-8-6-17(7-9-18)16-26-14-15-29-22(26)28/h1-9,19H,10-16H2,(H2,23,24,27). The van der Waals surface area contributed by atoms with Crippen molar-refractivity contribution >= 4 is 23.5 Å². The number of piperidine rings is 1. The minimum Gasteiger partial charge on any atom is -0.448 e. The Bertz CT molecular complexity index is 833. The average molecular weight is 394 g/mol. The first-order valence-corrected chi connectivity index (χ1v) is 10.1. The monoisotopic (exact) mass is 394 g/mol. The first-order chi connectivity index (χ1) is 14.2. The van der Waals surface area contributed by atoms with E-state index in [2.05, 4.69) is 39.8 Å². The summed E-state index contributed by atoms with van der Waals surface area (Å²) in [6.07, 6.45) is 1.57. The van der Waals surface area contributed by atoms with Gasteiger partial charge in [-0.3, -0.25) is 0 Å². The van der Waals surface area contributed by atoms with E-state index in [0.29, 0.717) is 19.7 Å². The Morgan fingerprint density at radius 2 is 1.72 bits per heavy atom. The molecule has 3 amide bonds. The SMILES string of the molecule is O=C(Nc1ccc(CN2CCOC2=O)cc1)NC1CCN(c2ccccc2)CC1. The lowest BCUT2D eigenvalue weighted by molar-refractivity contribution is 0.157. The van der Waals surface area contributed by atoms with Gasteiger partial charge in [0.2, 0.25) is 0 Å². The lowest BCUT2D eigenvalue weighted by Crippen LogP contribution is -2.46. The predicted molar refractivity (Wildman–Crippen MR) is 112 cm³/mol. The molecule has 2 aromatic carbocycles. The smallest absolute Gasteiger partial charge is 0.410 e. The fraction of sp³-hybridized carbons (Fsp3) is 0.364. The average Bonchev–Trinajstić information content (AvgIpc) is 3.15. The maximum absolute atomic E-state index is 12.3. The highest BCUT2D eigenvalue weighted by Crippen LogP contribution is 2.20. The maximum Gasteiger partial charge on any atom is 0.410 e. The summed E-state index contributed by atoms with van der Waals surface area (Å²) in [6.45, 7) is 3.45. The molecule has 2 N–H and O–H groups in total. The Hall–Kier alpha value is -3.22. The number of benzene rings is 2. The number of carbonyl (C=O) groups excluding carboxylic acids is 2. The summed E-state index contributed by atoms with van der Waals surface area (Å²) < 4.78 is 4.94. The van der Waals surface area contributed by atoms with Crippen LogP contribution in [0.15, 0.2) is 54.6 Å². The highest BCUT2D eigenvalue weighted by atomic mass is 16.6. The van der Waals surface area contributed by atoms with Crippen molar-refractivity contribution in [3.8, 4) is 0 Å². The van der Waals surface area contributed by atoms with Crippen molar-refractivity contribution in [2.75, 3.05) is 36.5 Å². The van der Waals surface area contributed by atoms with E-state index in [1.807, 2.05) is 30.3 Å². The summed E-state index contributed by atoms with van der Waals surface area (Å²) in [5.41, 5.74) is 2.97. The summed E-state index contributed by atoms with van der Waals surface area (Å²) >= 11 is 0. The first-order valence-electron chi connectivity index (χ1n) is 10.1. The number of amides is 3. The maximum atomic E-state index is 12.3. The molecule has 0 saturated carbocycles. The number of urea groups is 1. The molecule has 152 valence electrons. The molecule has 0 spiro atoms. The number of para-hydroxylation sites is 1. The third kappa shape index (κ3) is 4.99. The summed E-state index contributed by atoms with van der Waals surface area (Å²) in [7, 11) is 0. The fourth-order valence-corrected chi connectivity index (χ4v) is 3.76. The van der Waals surface area contributed by atoms with Gasteiger partial charge in [-0.15, -0.1) is 0 Å². The van der Waals surface area contributed by atoms with Crippen LogP contribution in [-0.2, 0) is 11.3 Å². The zero-order valence-corrected chi connectivity index (χ0v) is 16.3. The van der Waals surface area contributed by atoms with Gasteiger partial charge in [-0.05, 0) is 42.7 Å². The first kappa shape index (κ1) is 19.1. The van der Waals surface area contributed by atoms with Crippen LogP contribution < -0.4 is 15.5 Å². The number of hydrogen-bond donors (Lipinski definition) is 2. The molecule has 0 aliphatic carbocycles. The van der Waals surface area contributed by atoms with E-state index in [1.165, 1.54) is 5.69 Å². The third-order valence-corrected chi connectivity index (χ3v) is 5.38. The molecule has 29 heavy (non-hydrogen) atoms. The van der Waals surface area contributed by atoms with Crippen LogP contribution in [0.2, 0.25) is 0 Å². The molecule has 7 nitrogen and oxygen atoms in total. The van der Waals surface area contributed by atoms with E-state index < -0.39 is 0 Å². The van der Waals surface area contributed by atoms with Crippen LogP contribution in [0, 0.1) is 0 Å². The van der Waals surface area contributed by atoms with Gasteiger partial charge in [0.1, 0.15) is 6.61 Å². The highest BCUT2D eigenvalue weighted by Gasteiger charge is 2.22. The Balaban J connectivity index is 1.22. The number of ether oxygens (including phenoxy) is 1. The molecule has 2 fully saturated rings. The van der Waals surface area contributed by atoms with Crippen molar-refractivity contribution in [3.63, 3.8) is 0 Å². The lowest BCUT2D eigenvalue weighted by Gasteiger charge is -2.33. The summed E-state index contributed by atoms with van der Waals surface area (Å²) in [4.78, 5) is 27.9. The van der Waals surface area contributed by atoms with Crippen molar-refractivity contribution in [3.05, 3.63) is 60.2 Å². The molecule has 0 aromatic heterocycles. The van der Waals surface area contributed by atoms with E-state index in [4.69, 9.17) is 4.74 Å². The number of hydrogen-bond acceptors (Lipinski definition) is 4. The molecule has 2 aliphatic rings. The molecule has 2 saturated heterocycles. The molecular weight excluding hydrogens is 368 g/mol. The molecule has 2 heterocycles. The van der Waals surface area contributed by atoms with Gasteiger partial charge >= 0.3 is 12.1 Å². The molecule has 4 rings (SSSR count). The zero-order valence-electron chi connectivity index (χ0n) is 16.3. The van der Waals surface area contributed by atoms with Gasteiger partial charge in [0, 0.05) is 37.1 Å². The number of cyclic esters (lactones) is 1. The van der Waals surface area contributed by atoms with E-state index in [0.717, 1.165) is 37.2 Å². The molecule has 0 atom stereocenters. The highest BCUT2D eigenvalue weighted by molar-refractivity contribution is 5.89. The predicted octanol–water partition coefficient (Wildman–Crippen LogP) is 3.43. The van der Waals surface area contributed by atoms with Gasteiger partial charge < -0.3 is 25.2 Å². The van der Waals surface area contributed by atoms with Crippen LogP contribution in [0.5, 0.6) is 0 Å². The number of anilines is 2. The largest absolute Gasteiger partial charge is 0.448 e. The van der Waals surface area contributed by atoms with Crippen LogP contribution in [-0.4, -0.2) is 49.3 Å². The molecular formula is C22H26N4O3. The quantitative estimate of drug-likeness (QED) is 0.815. The lowest BCUT2D eigenvalue weighted by atomic mass is 10.0. The van der Waals surface area contributed by atoms with Crippen molar-refractivity contribution in [1.82, 2.24) is 10.2 Å². The van der Waals surface area contributed by atoms with Gasteiger partial charge in [0.25, 0.3) is 0 Å². The van der Waals surface area contributed by atoms with Crippen molar-refractivity contribution in [1.29, 1.82) is 0 Å². The van der Waals surface area contributed by atoms with E-state index in [-0.39, 0.29) is 18.2 Å². The van der Waals surface area contributed by atoms with Gasteiger partial charge in [0.05, 0.1) is 6.54 Å². The van der Waals surface area contributed by atoms with Gasteiger partial charge in [-0.25, -0.2) is 9.59 Å². The Morgan fingerprint density at radius 3 is 2.38 bits per heavy atom. The number of rotatable bonds is 5. The third-order valence-electron chi connectivity index (χ3n) is 5.38. The molecule has 0 unspecified atom stereocenters. The Labute approximate surface area is 170 Å². The summed E-state index contributed by atoms with van der Waals surface area (Å²) in [6, 6.07) is 17.9. The normalized spacial score (nSPS) is 17.2. The summed E-state index contributed by atoms with van der Waals surface area (Å²) in [5.74, 6) is 0. The molecule has 0 bridgehead atoms. The van der Waals surface area contributed by atoms with Crippen molar-refractivity contribution in [2.24, 2.45) is 0 Å². The Kier molecular flexibility index (Phi) is 5.84. The minimum absolute atomic E-state index is 0.176. The van der Waals surface area contributed by atoms with E-state index >= 15 is 0 Å². The second-order valence-corrected chi connectivity index (χ2v) is 7.43. The van der Waals surface area contributed by atoms with Crippen LogP contribution in [0.4, 0.5) is 21.0 Å². The van der Waals surface area contributed by atoms with Gasteiger partial charge in [-0.2, -0.15) is 0 Å². The number of nitrogens with zero attached hydrogens (tertiary/aromatic N) is 2. The second-order valence-electron chi connectivity index (χ2n) is 7.43. The van der Waals surface area contributed by atoms with Crippen LogP contribution >= 0.6 is 0 Å². The molecule has 7 heteroatoms. The van der Waals surface area contributed by atoms with Crippen molar-refractivity contribution in [2.45, 2.75) is 25.4 Å². The van der Waals surface area contributed by atoms with Gasteiger partial charge in [-0.1, -0.05) is 30.3 Å². The molecule has 2 aliphatic heterocycles. The summed E-state index contributed by atoms with van der Waals surface area (Å²) in [5, 5.41) is 5.97. The minimum atomic E-state index is -0.273. The zero-order chi connectivity index (χ0) is 20.1. The second kappa shape index (κ2) is 8.86. The molecule has 0 radical (unpaired) electrons. The van der Waals surface area contributed by atoms with Crippen LogP contribution in [0.1, 0.15) is 18.4 Å². The van der Waals surface area contributed by atoms with Crippen LogP contribution in [0.25, 0.3) is 0 Å². The van der Waals surface area contributed by atoms with Gasteiger partial charge in [0.15, 0.2) is 0 Å². The van der Waals surface area contributed by atoms with Crippen molar-refractivity contribution < 1.29 is 14.3 Å². The fourth-order valence-electron chi connectivity index (χ4n) is 3.76. The number of nitrogens with one attached hydrogen (secondary N) is 2. The topological polar surface area (TPSA) is 73.9 Å².